The molecule has 1 fully saturated rings. The number of halogens is 1. The molecule has 14 heteroatoms. The highest BCUT2D eigenvalue weighted by Crippen LogP contribution is 2.52. The summed E-state index contributed by atoms with van der Waals surface area (Å²) in [4.78, 5) is 12.5. The topological polar surface area (TPSA) is 124 Å². The zero-order valence-electron chi connectivity index (χ0n) is 21.7. The summed E-state index contributed by atoms with van der Waals surface area (Å²) in [5.41, 5.74) is 8.06. The van der Waals surface area contributed by atoms with E-state index in [1.165, 1.54) is 6.33 Å². The van der Waals surface area contributed by atoms with Gasteiger partial charge in [-0.05, 0) is 30.7 Å². The highest BCUT2D eigenvalue weighted by Gasteiger charge is 2.38. The summed E-state index contributed by atoms with van der Waals surface area (Å²) in [5, 5.41) is 0.459. The lowest BCUT2D eigenvalue weighted by molar-refractivity contribution is -0.0192. The molecule has 4 aromatic rings. The number of imidazole rings is 1. The molecule has 1 aliphatic heterocycles. The molecule has 0 radical (unpaired) electrons. The number of nitrogens with two attached hydrogens (primary N) is 1. The molecule has 0 bridgehead atoms. The fourth-order valence-electron chi connectivity index (χ4n) is 4.03. The fraction of sp³-hybridized carbons (Fsp3) is 0.346. The van der Waals surface area contributed by atoms with Gasteiger partial charge in [0.15, 0.2) is 17.8 Å². The molecular formula is C26H29ClN5O5PS2. The summed E-state index contributed by atoms with van der Waals surface area (Å²) in [6.07, 6.45) is 1.62. The van der Waals surface area contributed by atoms with Crippen molar-refractivity contribution in [3.8, 4) is 5.75 Å². The predicted molar refractivity (Wildman–Crippen MR) is 160 cm³/mol. The van der Waals surface area contributed by atoms with E-state index in [-0.39, 0.29) is 18.6 Å². The van der Waals surface area contributed by atoms with Crippen LogP contribution >= 0.6 is 40.8 Å². The maximum atomic E-state index is 14.2. The lowest BCUT2D eigenvalue weighted by atomic mass is 10.2. The van der Waals surface area contributed by atoms with Gasteiger partial charge in [-0.1, -0.05) is 69.6 Å². The summed E-state index contributed by atoms with van der Waals surface area (Å²) in [5.74, 6) is 1.91. The van der Waals surface area contributed by atoms with Crippen LogP contribution in [0.3, 0.4) is 0 Å². The van der Waals surface area contributed by atoms with Crippen molar-refractivity contribution < 1.29 is 23.1 Å². The van der Waals surface area contributed by atoms with E-state index in [1.54, 1.807) is 52.2 Å². The number of hydrogen-bond acceptors (Lipinski definition) is 11. The Kier molecular flexibility index (Phi) is 9.90. The first-order chi connectivity index (χ1) is 19.4. The Hall–Kier alpha value is -2.31. The quantitative estimate of drug-likeness (QED) is 0.147. The molecule has 10 nitrogen and oxygen atoms in total. The molecule has 212 valence electrons. The van der Waals surface area contributed by atoms with Crippen molar-refractivity contribution in [2.75, 3.05) is 23.6 Å². The Labute approximate surface area is 245 Å². The number of hydrogen-bond donors (Lipinski definition) is 1. The average Bonchev–Trinajstić information content (AvgIpc) is 3.36. The molecule has 0 saturated carbocycles. The van der Waals surface area contributed by atoms with Crippen LogP contribution in [-0.4, -0.2) is 55.7 Å². The Bertz CT molecular complexity index is 1470. The Morgan fingerprint density at radius 1 is 1.10 bits per heavy atom. The normalized spacial score (nSPS) is 19.8. The zero-order valence-corrected chi connectivity index (χ0v) is 25.0. The van der Waals surface area contributed by atoms with Crippen LogP contribution in [0.25, 0.3) is 11.2 Å². The first-order valence-electron chi connectivity index (χ1n) is 12.5. The van der Waals surface area contributed by atoms with Crippen molar-refractivity contribution in [2.45, 2.75) is 38.4 Å². The highest BCUT2D eigenvalue weighted by atomic mass is 35.5. The number of fused-ring (bicyclic) bond motifs is 1. The van der Waals surface area contributed by atoms with E-state index in [1.807, 2.05) is 41.8 Å². The van der Waals surface area contributed by atoms with E-state index in [0.29, 0.717) is 52.4 Å². The smallest absolute Gasteiger partial charge is 0.405 e. The third-order valence-electron chi connectivity index (χ3n) is 6.01. The summed E-state index contributed by atoms with van der Waals surface area (Å²) in [6.45, 7) is 2.68. The minimum atomic E-state index is -3.82. The van der Waals surface area contributed by atoms with E-state index < -0.39 is 13.7 Å². The number of benzene rings is 2. The molecule has 2 N–H and O–H groups in total. The standard InChI is InChI=1S/C26H29ClN5O5PS2/c1-18(11-32-16-31-24-25(28)29-15-30-26(24)32)35-17-38(33,36-21-9-5-8-20(27)10-21)37-23-14-40-39-13-22(23)34-12-19-6-3-2-4-7-19/h2-10,15-16,18,22-23H,11-14,17H2,1H3,(H2,28,29,30)/t18-,22+,23?,38?/m1/s1. The van der Waals surface area contributed by atoms with Crippen molar-refractivity contribution in [1.82, 2.24) is 19.5 Å². The molecule has 0 spiro atoms. The maximum Gasteiger partial charge on any atom is 0.405 e. The molecule has 5 rings (SSSR count). The molecule has 2 unspecified atom stereocenters. The van der Waals surface area contributed by atoms with Gasteiger partial charge in [0.05, 0.1) is 31.7 Å². The van der Waals surface area contributed by atoms with E-state index >= 15 is 0 Å². The van der Waals surface area contributed by atoms with Crippen LogP contribution in [0.15, 0.2) is 67.3 Å². The summed E-state index contributed by atoms with van der Waals surface area (Å²) >= 11 is 6.16. The van der Waals surface area contributed by atoms with Crippen molar-refractivity contribution in [1.29, 1.82) is 0 Å². The second-order valence-electron chi connectivity index (χ2n) is 9.14. The lowest BCUT2D eigenvalue weighted by Gasteiger charge is -2.33. The third-order valence-corrected chi connectivity index (χ3v) is 10.2. The van der Waals surface area contributed by atoms with Crippen LogP contribution in [0.1, 0.15) is 12.5 Å². The first kappa shape index (κ1) is 29.2. The van der Waals surface area contributed by atoms with Gasteiger partial charge in [0.2, 0.25) is 0 Å². The van der Waals surface area contributed by atoms with Gasteiger partial charge in [-0.15, -0.1) is 0 Å². The molecule has 2 aromatic carbocycles. The molecule has 3 heterocycles. The van der Waals surface area contributed by atoms with Crippen molar-refractivity contribution in [2.24, 2.45) is 0 Å². The van der Waals surface area contributed by atoms with Gasteiger partial charge < -0.3 is 24.3 Å². The number of nitrogens with zero attached hydrogens (tertiary/aromatic N) is 4. The van der Waals surface area contributed by atoms with Crippen LogP contribution in [-0.2, 0) is 31.7 Å². The summed E-state index contributed by atoms with van der Waals surface area (Å²) < 4.78 is 40.5. The number of aromatic nitrogens is 4. The van der Waals surface area contributed by atoms with Crippen LogP contribution < -0.4 is 10.3 Å². The van der Waals surface area contributed by atoms with Gasteiger partial charge in [-0.25, -0.2) is 19.5 Å². The summed E-state index contributed by atoms with van der Waals surface area (Å²) in [6, 6.07) is 16.6. The highest BCUT2D eigenvalue weighted by molar-refractivity contribution is 8.76. The third kappa shape index (κ3) is 7.70. The van der Waals surface area contributed by atoms with E-state index in [2.05, 4.69) is 15.0 Å². The number of nitrogen functional groups attached to an aromatic ring is 1. The van der Waals surface area contributed by atoms with Crippen molar-refractivity contribution in [3.63, 3.8) is 0 Å². The Balaban J connectivity index is 1.29. The van der Waals surface area contributed by atoms with Crippen LogP contribution in [0, 0.1) is 0 Å². The largest absolute Gasteiger partial charge is 0.423 e. The molecule has 4 atom stereocenters. The van der Waals surface area contributed by atoms with Gasteiger partial charge >= 0.3 is 7.60 Å². The fourth-order valence-corrected chi connectivity index (χ4v) is 8.39. The van der Waals surface area contributed by atoms with E-state index in [0.717, 1.165) is 5.56 Å². The number of anilines is 1. The first-order valence-corrected chi connectivity index (χ1v) is 17.1. The van der Waals surface area contributed by atoms with E-state index in [4.69, 9.17) is 35.9 Å². The molecule has 0 aliphatic carbocycles. The predicted octanol–water partition coefficient (Wildman–Crippen LogP) is 6.06. The van der Waals surface area contributed by atoms with Gasteiger partial charge in [0.25, 0.3) is 0 Å². The van der Waals surface area contributed by atoms with Crippen molar-refractivity contribution >= 4 is 57.8 Å². The number of ether oxygens (including phenoxy) is 2. The average molecular weight is 622 g/mol. The van der Waals surface area contributed by atoms with Crippen LogP contribution in [0.5, 0.6) is 5.75 Å². The molecule has 2 aromatic heterocycles. The van der Waals surface area contributed by atoms with E-state index in [9.17, 15) is 4.57 Å². The molecular weight excluding hydrogens is 593 g/mol. The van der Waals surface area contributed by atoms with Crippen LogP contribution in [0.2, 0.25) is 5.02 Å². The second-order valence-corrected chi connectivity index (χ2v) is 14.0. The number of rotatable bonds is 12. The minimum Gasteiger partial charge on any atom is -0.423 e. The second kappa shape index (κ2) is 13.6. The minimum absolute atomic E-state index is 0.274. The van der Waals surface area contributed by atoms with Crippen LogP contribution in [0.4, 0.5) is 5.82 Å². The monoisotopic (exact) mass is 621 g/mol. The molecule has 1 saturated heterocycles. The Morgan fingerprint density at radius 2 is 1.90 bits per heavy atom. The van der Waals surface area contributed by atoms with Gasteiger partial charge in [0.1, 0.15) is 23.7 Å². The maximum absolute atomic E-state index is 14.2. The van der Waals surface area contributed by atoms with Gasteiger partial charge in [-0.3, -0.25) is 4.52 Å². The molecule has 1 aliphatic rings. The SMILES string of the molecule is C[C@H](Cn1cnc2c(N)ncnc21)OCP(=O)(Oc1cccc(Cl)c1)OC1CSSC[C@@H]1OCc1ccccc1. The molecule has 40 heavy (non-hydrogen) atoms. The van der Waals surface area contributed by atoms with Crippen molar-refractivity contribution in [3.05, 3.63) is 77.8 Å². The lowest BCUT2D eigenvalue weighted by Crippen LogP contribution is -2.38. The van der Waals surface area contributed by atoms with Gasteiger partial charge in [-0.2, -0.15) is 0 Å². The summed E-state index contributed by atoms with van der Waals surface area (Å²) in [7, 11) is -0.468. The Morgan fingerprint density at radius 3 is 2.70 bits per heavy atom. The molecule has 0 amide bonds. The van der Waals surface area contributed by atoms with Gasteiger partial charge in [0, 0.05) is 16.5 Å². The zero-order chi connectivity index (χ0) is 28.0.